The van der Waals surface area contributed by atoms with Crippen LogP contribution in [0.3, 0.4) is 0 Å². The lowest BCUT2D eigenvalue weighted by molar-refractivity contribution is -0.128. The molecule has 0 fully saturated rings. The van der Waals surface area contributed by atoms with Crippen LogP contribution in [0.15, 0.2) is 77.7 Å². The lowest BCUT2D eigenvalue weighted by atomic mass is 10.0. The van der Waals surface area contributed by atoms with E-state index in [1.165, 1.54) is 22.9 Å². The van der Waals surface area contributed by atoms with Crippen LogP contribution in [0.2, 0.25) is 0 Å². The first-order chi connectivity index (χ1) is 15.4. The minimum Gasteiger partial charge on any atom is -0.352 e. The molecule has 2 amide bonds. The number of carbonyl (C=O) groups is 2. The van der Waals surface area contributed by atoms with Crippen LogP contribution in [0, 0.1) is 19.8 Å². The van der Waals surface area contributed by atoms with Crippen LogP contribution in [-0.2, 0) is 22.7 Å². The zero-order valence-electron chi connectivity index (χ0n) is 18.7. The summed E-state index contributed by atoms with van der Waals surface area (Å²) in [5, 5.41) is 2.54. The summed E-state index contributed by atoms with van der Waals surface area (Å²) in [6.45, 7) is 6.88. The Morgan fingerprint density at radius 1 is 0.938 bits per heavy atom. The van der Waals surface area contributed by atoms with Crippen LogP contribution < -0.4 is 10.2 Å². The van der Waals surface area contributed by atoms with Crippen LogP contribution >= 0.6 is 11.8 Å². The highest BCUT2D eigenvalue weighted by molar-refractivity contribution is 8.01. The molecular formula is C27H28N2O2S. The van der Waals surface area contributed by atoms with E-state index in [2.05, 4.69) is 36.5 Å². The Balaban J connectivity index is 1.51. The van der Waals surface area contributed by atoms with Gasteiger partial charge in [0.15, 0.2) is 0 Å². The molecule has 32 heavy (non-hydrogen) atoms. The van der Waals surface area contributed by atoms with Gasteiger partial charge in [0.25, 0.3) is 0 Å². The number of carbonyl (C=O) groups excluding carboxylic acids is 2. The molecule has 0 unspecified atom stereocenters. The van der Waals surface area contributed by atoms with Gasteiger partial charge in [-0.25, -0.2) is 0 Å². The summed E-state index contributed by atoms with van der Waals surface area (Å²) < 4.78 is 0. The first-order valence-electron chi connectivity index (χ1n) is 10.9. The molecular weight excluding hydrogens is 416 g/mol. The molecule has 1 heterocycles. The number of rotatable bonds is 6. The topological polar surface area (TPSA) is 49.4 Å². The number of aryl methyl sites for hydroxylation is 2. The van der Waals surface area contributed by atoms with Gasteiger partial charge in [-0.05, 0) is 37.1 Å². The molecule has 0 radical (unpaired) electrons. The Hall–Kier alpha value is -3.05. The van der Waals surface area contributed by atoms with Crippen molar-refractivity contribution in [2.75, 3.05) is 4.90 Å². The van der Waals surface area contributed by atoms with E-state index in [0.717, 1.165) is 21.7 Å². The van der Waals surface area contributed by atoms with Crippen molar-refractivity contribution in [2.45, 2.75) is 44.0 Å². The highest BCUT2D eigenvalue weighted by atomic mass is 32.2. The Bertz CT molecular complexity index is 1110. The number of fused-ring (bicyclic) bond motifs is 1. The van der Waals surface area contributed by atoms with Gasteiger partial charge in [-0.3, -0.25) is 9.59 Å². The van der Waals surface area contributed by atoms with Crippen molar-refractivity contribution in [2.24, 2.45) is 5.92 Å². The fourth-order valence-corrected chi connectivity index (χ4v) is 5.07. The highest BCUT2D eigenvalue weighted by Gasteiger charge is 2.39. The summed E-state index contributed by atoms with van der Waals surface area (Å²) in [7, 11) is 0. The summed E-state index contributed by atoms with van der Waals surface area (Å²) in [5.74, 6) is -0.579. The zero-order chi connectivity index (χ0) is 22.7. The average molecular weight is 445 g/mol. The minimum atomic E-state index is -0.464. The van der Waals surface area contributed by atoms with E-state index in [-0.39, 0.29) is 11.8 Å². The third-order valence-corrected chi connectivity index (χ3v) is 7.30. The van der Waals surface area contributed by atoms with Crippen molar-refractivity contribution < 1.29 is 9.59 Å². The quantitative estimate of drug-likeness (QED) is 0.564. The standard InChI is InChI=1S/C27H28N2O2S/c1-18-8-12-21(13-9-18)16-28-26(30)20(3)25-27(31)29(17-22-14-10-19(2)11-15-22)23-6-4-5-7-24(23)32-25/h4-15,20,25H,16-17H2,1-3H3,(H,28,30)/t20-,25+/m0/s1. The number of thioether (sulfide) groups is 1. The third-order valence-electron chi connectivity index (χ3n) is 5.84. The number of hydrogen-bond donors (Lipinski definition) is 1. The molecule has 164 valence electrons. The van der Waals surface area contributed by atoms with Crippen LogP contribution in [0.4, 0.5) is 5.69 Å². The van der Waals surface area contributed by atoms with Crippen molar-refractivity contribution in [1.29, 1.82) is 0 Å². The molecule has 1 N–H and O–H groups in total. The Kier molecular flexibility index (Phi) is 6.66. The normalized spacial score (nSPS) is 16.4. The molecule has 5 heteroatoms. The van der Waals surface area contributed by atoms with Gasteiger partial charge in [-0.2, -0.15) is 0 Å². The fourth-order valence-electron chi connectivity index (χ4n) is 3.79. The van der Waals surface area contributed by atoms with E-state index < -0.39 is 11.2 Å². The smallest absolute Gasteiger partial charge is 0.241 e. The van der Waals surface area contributed by atoms with Crippen LogP contribution in [-0.4, -0.2) is 17.1 Å². The average Bonchev–Trinajstić information content (AvgIpc) is 2.81. The molecule has 0 spiro atoms. The number of nitrogens with zero attached hydrogens (tertiary/aromatic N) is 1. The second-order valence-electron chi connectivity index (χ2n) is 8.41. The van der Waals surface area contributed by atoms with Crippen molar-refractivity contribution in [1.82, 2.24) is 5.32 Å². The Morgan fingerprint density at radius 2 is 1.53 bits per heavy atom. The predicted molar refractivity (Wildman–Crippen MR) is 131 cm³/mol. The molecule has 0 aromatic heterocycles. The van der Waals surface area contributed by atoms with Gasteiger partial charge in [0.05, 0.1) is 18.2 Å². The number of amides is 2. The summed E-state index contributed by atoms with van der Waals surface area (Å²) in [4.78, 5) is 29.3. The summed E-state index contributed by atoms with van der Waals surface area (Å²) in [6, 6.07) is 24.3. The molecule has 3 aromatic carbocycles. The molecule has 0 saturated carbocycles. The number of benzene rings is 3. The lowest BCUT2D eigenvalue weighted by Gasteiger charge is -2.35. The van der Waals surface area contributed by atoms with Crippen LogP contribution in [0.25, 0.3) is 0 Å². The van der Waals surface area contributed by atoms with Crippen molar-refractivity contribution in [3.63, 3.8) is 0 Å². The molecule has 1 aliphatic rings. The number of anilines is 1. The summed E-state index contributed by atoms with van der Waals surface area (Å²) >= 11 is 1.49. The summed E-state index contributed by atoms with van der Waals surface area (Å²) in [6.07, 6.45) is 0. The molecule has 0 saturated heterocycles. The molecule has 3 aromatic rings. The largest absolute Gasteiger partial charge is 0.352 e. The lowest BCUT2D eigenvalue weighted by Crippen LogP contribution is -2.47. The van der Waals surface area contributed by atoms with Gasteiger partial charge < -0.3 is 10.2 Å². The second-order valence-corrected chi connectivity index (χ2v) is 9.59. The minimum absolute atomic E-state index is 0.0211. The molecule has 0 aliphatic carbocycles. The Labute approximate surface area is 194 Å². The Morgan fingerprint density at radius 3 is 2.19 bits per heavy atom. The molecule has 4 nitrogen and oxygen atoms in total. The van der Waals surface area contributed by atoms with E-state index >= 15 is 0 Å². The highest BCUT2D eigenvalue weighted by Crippen LogP contribution is 2.42. The van der Waals surface area contributed by atoms with Gasteiger partial charge in [-0.15, -0.1) is 11.8 Å². The van der Waals surface area contributed by atoms with Gasteiger partial charge in [0.2, 0.25) is 11.8 Å². The monoisotopic (exact) mass is 444 g/mol. The van der Waals surface area contributed by atoms with Crippen LogP contribution in [0.5, 0.6) is 0 Å². The maximum atomic E-state index is 13.5. The molecule has 4 rings (SSSR count). The van der Waals surface area contributed by atoms with E-state index in [9.17, 15) is 9.59 Å². The molecule has 2 atom stereocenters. The van der Waals surface area contributed by atoms with Crippen molar-refractivity contribution >= 4 is 29.3 Å². The maximum absolute atomic E-state index is 13.5. The second kappa shape index (κ2) is 9.61. The maximum Gasteiger partial charge on any atom is 0.241 e. The van der Waals surface area contributed by atoms with Gasteiger partial charge in [-0.1, -0.05) is 78.7 Å². The summed E-state index contributed by atoms with van der Waals surface area (Å²) in [5.41, 5.74) is 5.40. The van der Waals surface area contributed by atoms with Gasteiger partial charge >= 0.3 is 0 Å². The molecule has 0 bridgehead atoms. The van der Waals surface area contributed by atoms with Gasteiger partial charge in [0.1, 0.15) is 5.25 Å². The number of para-hydroxylation sites is 1. The zero-order valence-corrected chi connectivity index (χ0v) is 19.5. The third kappa shape index (κ3) is 4.89. The predicted octanol–water partition coefficient (Wildman–Crippen LogP) is 5.26. The first-order valence-corrected chi connectivity index (χ1v) is 11.8. The number of nitrogens with one attached hydrogen (secondary N) is 1. The van der Waals surface area contributed by atoms with E-state index in [4.69, 9.17) is 0 Å². The van der Waals surface area contributed by atoms with E-state index in [0.29, 0.717) is 13.1 Å². The van der Waals surface area contributed by atoms with Crippen molar-refractivity contribution in [3.05, 3.63) is 95.1 Å². The van der Waals surface area contributed by atoms with Crippen molar-refractivity contribution in [3.8, 4) is 0 Å². The SMILES string of the molecule is Cc1ccc(CNC(=O)[C@@H](C)[C@H]2Sc3ccccc3N(Cc3ccc(C)cc3)C2=O)cc1. The fraction of sp³-hybridized carbons (Fsp3) is 0.259. The number of hydrogen-bond acceptors (Lipinski definition) is 3. The van der Waals surface area contributed by atoms with Gasteiger partial charge in [0, 0.05) is 11.4 Å². The molecule has 1 aliphatic heterocycles. The van der Waals surface area contributed by atoms with Crippen LogP contribution in [0.1, 0.15) is 29.2 Å². The first kappa shape index (κ1) is 22.2. The van der Waals surface area contributed by atoms with E-state index in [1.807, 2.05) is 67.3 Å². The van der Waals surface area contributed by atoms with E-state index in [1.54, 1.807) is 0 Å².